The van der Waals surface area contributed by atoms with Crippen LogP contribution in [0, 0.1) is 5.82 Å². The van der Waals surface area contributed by atoms with Gasteiger partial charge in [-0.05, 0) is 12.1 Å². The van der Waals surface area contributed by atoms with Gasteiger partial charge in [-0.2, -0.15) is 0 Å². The molecule has 0 saturated heterocycles. The number of hydrogen-bond donors (Lipinski definition) is 2. The normalized spacial score (nSPS) is 12.7. The lowest BCUT2D eigenvalue weighted by Gasteiger charge is -2.17. The van der Waals surface area contributed by atoms with E-state index in [2.05, 4.69) is 26.3 Å². The molecule has 1 aromatic carbocycles. The van der Waals surface area contributed by atoms with Crippen LogP contribution < -0.4 is 11.3 Å². The summed E-state index contributed by atoms with van der Waals surface area (Å²) in [5, 5.41) is 0. The smallest absolute Gasteiger partial charge is 0.129 e. The van der Waals surface area contributed by atoms with Gasteiger partial charge in [0, 0.05) is 35.9 Å². The van der Waals surface area contributed by atoms with Crippen molar-refractivity contribution < 1.29 is 4.39 Å². The van der Waals surface area contributed by atoms with Gasteiger partial charge in [-0.1, -0.05) is 22.0 Å². The van der Waals surface area contributed by atoms with Crippen LogP contribution in [0.15, 0.2) is 35.1 Å². The number of rotatable bonds is 4. The third kappa shape index (κ3) is 2.77. The van der Waals surface area contributed by atoms with E-state index < -0.39 is 0 Å². The molecular formula is C12H14BrFN4. The van der Waals surface area contributed by atoms with Crippen LogP contribution in [-0.2, 0) is 13.5 Å². The monoisotopic (exact) mass is 312 g/mol. The van der Waals surface area contributed by atoms with Gasteiger partial charge in [0.1, 0.15) is 11.6 Å². The zero-order valence-corrected chi connectivity index (χ0v) is 11.5. The molecule has 1 aromatic heterocycles. The average molecular weight is 313 g/mol. The fourth-order valence-corrected chi connectivity index (χ4v) is 2.15. The molecule has 96 valence electrons. The van der Waals surface area contributed by atoms with Gasteiger partial charge >= 0.3 is 0 Å². The molecule has 1 heterocycles. The molecular weight excluding hydrogens is 299 g/mol. The minimum absolute atomic E-state index is 0.290. The highest BCUT2D eigenvalue weighted by Gasteiger charge is 2.17. The molecule has 0 spiro atoms. The Morgan fingerprint density at radius 1 is 1.56 bits per heavy atom. The summed E-state index contributed by atoms with van der Waals surface area (Å²) in [5.74, 6) is 6.07. The quantitative estimate of drug-likeness (QED) is 0.671. The minimum atomic E-state index is -0.306. The number of aryl methyl sites for hydroxylation is 1. The molecule has 0 aliphatic carbocycles. The Kier molecular flexibility index (Phi) is 4.11. The minimum Gasteiger partial charge on any atom is -0.338 e. The second-order valence-electron chi connectivity index (χ2n) is 4.04. The van der Waals surface area contributed by atoms with Crippen LogP contribution in [0.2, 0.25) is 0 Å². The second-order valence-corrected chi connectivity index (χ2v) is 4.96. The molecule has 0 amide bonds. The standard InChI is InChI=1S/C12H14BrFN4/c1-18-5-4-16-12(18)7-11(17-15)9-3-2-8(13)6-10(9)14/h2-6,11,17H,7,15H2,1H3. The van der Waals surface area contributed by atoms with E-state index >= 15 is 0 Å². The largest absolute Gasteiger partial charge is 0.338 e. The molecule has 0 aliphatic rings. The van der Waals surface area contributed by atoms with Crippen molar-refractivity contribution in [1.82, 2.24) is 15.0 Å². The third-order valence-corrected chi connectivity index (χ3v) is 3.34. The molecule has 1 unspecified atom stereocenters. The first-order valence-corrected chi connectivity index (χ1v) is 6.28. The number of nitrogens with one attached hydrogen (secondary N) is 1. The SMILES string of the molecule is Cn1ccnc1CC(NN)c1ccc(Br)cc1F. The highest BCUT2D eigenvalue weighted by Crippen LogP contribution is 2.23. The van der Waals surface area contributed by atoms with Crippen molar-refractivity contribution in [3.05, 3.63) is 52.3 Å². The maximum absolute atomic E-state index is 13.9. The van der Waals surface area contributed by atoms with Crippen LogP contribution >= 0.6 is 15.9 Å². The molecule has 0 radical (unpaired) electrons. The van der Waals surface area contributed by atoms with Crippen LogP contribution in [0.1, 0.15) is 17.4 Å². The molecule has 3 N–H and O–H groups in total. The zero-order valence-electron chi connectivity index (χ0n) is 9.90. The molecule has 0 aliphatic heterocycles. The summed E-state index contributed by atoms with van der Waals surface area (Å²) in [7, 11) is 1.90. The number of imidazole rings is 1. The molecule has 18 heavy (non-hydrogen) atoms. The first-order chi connectivity index (χ1) is 8.61. The number of aromatic nitrogens is 2. The maximum Gasteiger partial charge on any atom is 0.129 e. The van der Waals surface area contributed by atoms with Gasteiger partial charge in [0.05, 0.1) is 6.04 Å². The fourth-order valence-electron chi connectivity index (χ4n) is 1.82. The van der Waals surface area contributed by atoms with Crippen LogP contribution in [0.4, 0.5) is 4.39 Å². The summed E-state index contributed by atoms with van der Waals surface area (Å²) in [4.78, 5) is 4.21. The van der Waals surface area contributed by atoms with Gasteiger partial charge in [-0.25, -0.2) is 9.37 Å². The number of hydrogen-bond acceptors (Lipinski definition) is 3. The Labute approximate surface area is 113 Å². The van der Waals surface area contributed by atoms with Crippen LogP contribution in [-0.4, -0.2) is 9.55 Å². The Morgan fingerprint density at radius 3 is 2.89 bits per heavy atom. The van der Waals surface area contributed by atoms with E-state index in [0.717, 1.165) is 5.82 Å². The maximum atomic E-state index is 13.9. The van der Waals surface area contributed by atoms with Crippen molar-refractivity contribution in [2.45, 2.75) is 12.5 Å². The van der Waals surface area contributed by atoms with Gasteiger partial charge in [0.15, 0.2) is 0 Å². The van der Waals surface area contributed by atoms with E-state index in [0.29, 0.717) is 16.5 Å². The Morgan fingerprint density at radius 2 is 2.33 bits per heavy atom. The summed E-state index contributed by atoms with van der Waals surface area (Å²) < 4.78 is 16.5. The topological polar surface area (TPSA) is 55.9 Å². The van der Waals surface area contributed by atoms with Crippen molar-refractivity contribution in [3.8, 4) is 0 Å². The van der Waals surface area contributed by atoms with Crippen molar-refractivity contribution >= 4 is 15.9 Å². The number of nitrogens with two attached hydrogens (primary N) is 1. The fraction of sp³-hybridized carbons (Fsp3) is 0.250. The molecule has 0 fully saturated rings. The summed E-state index contributed by atoms with van der Waals surface area (Å²) >= 11 is 3.23. The molecule has 1 atom stereocenters. The lowest BCUT2D eigenvalue weighted by atomic mass is 10.0. The van der Waals surface area contributed by atoms with E-state index in [4.69, 9.17) is 5.84 Å². The predicted molar refractivity (Wildman–Crippen MR) is 71.1 cm³/mol. The van der Waals surface area contributed by atoms with Crippen LogP contribution in [0.25, 0.3) is 0 Å². The molecule has 6 heteroatoms. The van der Waals surface area contributed by atoms with E-state index in [9.17, 15) is 4.39 Å². The van der Waals surface area contributed by atoms with Crippen LogP contribution in [0.5, 0.6) is 0 Å². The summed E-state index contributed by atoms with van der Waals surface area (Å²) in [6.45, 7) is 0. The number of nitrogens with zero attached hydrogens (tertiary/aromatic N) is 2. The zero-order chi connectivity index (χ0) is 13.1. The summed E-state index contributed by atoms with van der Waals surface area (Å²) in [6, 6.07) is 4.63. The van der Waals surface area contributed by atoms with Crippen molar-refractivity contribution in [3.63, 3.8) is 0 Å². The summed E-state index contributed by atoms with van der Waals surface area (Å²) in [5.41, 5.74) is 3.17. The molecule has 4 nitrogen and oxygen atoms in total. The first-order valence-electron chi connectivity index (χ1n) is 5.49. The van der Waals surface area contributed by atoms with Crippen LogP contribution in [0.3, 0.4) is 0 Å². The molecule has 0 saturated carbocycles. The first kappa shape index (κ1) is 13.2. The highest BCUT2D eigenvalue weighted by atomic mass is 79.9. The molecule has 2 aromatic rings. The number of hydrazine groups is 1. The van der Waals surface area contributed by atoms with Gasteiger partial charge in [0.25, 0.3) is 0 Å². The highest BCUT2D eigenvalue weighted by molar-refractivity contribution is 9.10. The number of benzene rings is 1. The Hall–Kier alpha value is -1.24. The van der Waals surface area contributed by atoms with Crippen molar-refractivity contribution in [1.29, 1.82) is 0 Å². The third-order valence-electron chi connectivity index (χ3n) is 2.85. The van der Waals surface area contributed by atoms with E-state index in [1.165, 1.54) is 6.07 Å². The Balaban J connectivity index is 2.26. The number of halogens is 2. The van der Waals surface area contributed by atoms with E-state index in [1.54, 1.807) is 18.3 Å². The van der Waals surface area contributed by atoms with E-state index in [-0.39, 0.29) is 11.9 Å². The van der Waals surface area contributed by atoms with Gasteiger partial charge in [-0.15, -0.1) is 0 Å². The van der Waals surface area contributed by atoms with E-state index in [1.807, 2.05) is 17.8 Å². The second kappa shape index (κ2) is 5.60. The van der Waals surface area contributed by atoms with Crippen molar-refractivity contribution in [2.24, 2.45) is 12.9 Å². The lowest BCUT2D eigenvalue weighted by Crippen LogP contribution is -2.31. The van der Waals surface area contributed by atoms with Gasteiger partial charge in [-0.3, -0.25) is 11.3 Å². The molecule has 0 bridgehead atoms. The Bertz CT molecular complexity index is 541. The molecule has 2 rings (SSSR count). The van der Waals surface area contributed by atoms with Gasteiger partial charge < -0.3 is 4.57 Å². The summed E-state index contributed by atoms with van der Waals surface area (Å²) in [6.07, 6.45) is 4.08. The lowest BCUT2D eigenvalue weighted by molar-refractivity contribution is 0.496. The average Bonchev–Trinajstić information content (AvgIpc) is 2.73. The predicted octanol–water partition coefficient (Wildman–Crippen LogP) is 2.07. The van der Waals surface area contributed by atoms with Gasteiger partial charge in [0.2, 0.25) is 0 Å². The van der Waals surface area contributed by atoms with Crippen molar-refractivity contribution in [2.75, 3.05) is 0 Å².